The molecule has 0 bridgehead atoms. The molecule has 24 heavy (non-hydrogen) atoms. The number of rotatable bonds is 4. The Morgan fingerprint density at radius 1 is 1.00 bits per heavy atom. The monoisotopic (exact) mass is 317 g/mol. The van der Waals surface area contributed by atoms with E-state index < -0.39 is 0 Å². The lowest BCUT2D eigenvalue weighted by Crippen LogP contribution is -2.40. The van der Waals surface area contributed by atoms with Crippen molar-refractivity contribution in [2.45, 2.75) is 25.2 Å². The summed E-state index contributed by atoms with van der Waals surface area (Å²) in [5.74, 6) is 0.926. The van der Waals surface area contributed by atoms with E-state index >= 15 is 0 Å². The number of aryl methyl sites for hydroxylation is 1. The summed E-state index contributed by atoms with van der Waals surface area (Å²) in [5.41, 5.74) is 4.30. The first-order chi connectivity index (χ1) is 11.8. The van der Waals surface area contributed by atoms with Gasteiger partial charge in [-0.15, -0.1) is 0 Å². The normalized spacial score (nSPS) is 18.7. The van der Waals surface area contributed by atoms with Crippen molar-refractivity contribution in [3.05, 3.63) is 84.4 Å². The Labute approximate surface area is 144 Å². The van der Waals surface area contributed by atoms with E-state index in [1.165, 1.54) is 11.1 Å². The van der Waals surface area contributed by atoms with Crippen molar-refractivity contribution in [3.63, 3.8) is 0 Å². The highest BCUT2D eigenvalue weighted by Crippen LogP contribution is 2.43. The van der Waals surface area contributed by atoms with Gasteiger partial charge >= 0.3 is 0 Å². The van der Waals surface area contributed by atoms with Gasteiger partial charge in [0.15, 0.2) is 6.61 Å². The highest BCUT2D eigenvalue weighted by Gasteiger charge is 2.37. The van der Waals surface area contributed by atoms with E-state index in [-0.39, 0.29) is 5.41 Å². The van der Waals surface area contributed by atoms with Gasteiger partial charge in [0.2, 0.25) is 0 Å². The summed E-state index contributed by atoms with van der Waals surface area (Å²) in [6.45, 7) is 8.10. The van der Waals surface area contributed by atoms with Gasteiger partial charge in [-0.25, -0.2) is 0 Å². The van der Waals surface area contributed by atoms with E-state index in [1.807, 2.05) is 24.8 Å². The predicted octanol–water partition coefficient (Wildman–Crippen LogP) is 4.76. The first-order valence-corrected chi connectivity index (χ1v) is 8.69. The molecule has 0 N–H and O–H groups in total. The molecule has 2 heteroatoms. The summed E-state index contributed by atoms with van der Waals surface area (Å²) in [7, 11) is 0. The van der Waals surface area contributed by atoms with Crippen LogP contribution >= 0.6 is 0 Å². The summed E-state index contributed by atoms with van der Waals surface area (Å²) in [4.78, 5) is 2.36. The fourth-order valence-corrected chi connectivity index (χ4v) is 3.82. The van der Waals surface area contributed by atoms with Crippen LogP contribution in [0.1, 0.15) is 29.5 Å². The van der Waals surface area contributed by atoms with E-state index in [0.29, 0.717) is 0 Å². The molecule has 2 nitrogen and oxygen atoms in total. The molecule has 0 atom stereocenters. The third kappa shape index (κ3) is 2.87. The Morgan fingerprint density at radius 2 is 1.75 bits per heavy atom. The second-order valence-corrected chi connectivity index (χ2v) is 6.78. The first-order valence-electron chi connectivity index (χ1n) is 8.69. The fourth-order valence-electron chi connectivity index (χ4n) is 3.82. The molecule has 0 unspecified atom stereocenters. The highest BCUT2D eigenvalue weighted by atomic mass is 16.5. The van der Waals surface area contributed by atoms with Crippen LogP contribution in [-0.2, 0) is 5.41 Å². The zero-order chi connectivity index (χ0) is 16.4. The van der Waals surface area contributed by atoms with Crippen molar-refractivity contribution in [2.75, 3.05) is 13.1 Å². The van der Waals surface area contributed by atoms with Crippen LogP contribution in [0.15, 0.2) is 54.6 Å². The Morgan fingerprint density at radius 3 is 2.58 bits per heavy atom. The molecule has 4 rings (SSSR count). The van der Waals surface area contributed by atoms with Gasteiger partial charge in [0.1, 0.15) is 5.75 Å². The number of hydrogen-bond acceptors (Lipinski definition) is 2. The summed E-state index contributed by atoms with van der Waals surface area (Å²) in [6.07, 6.45) is 7.04. The van der Waals surface area contributed by atoms with E-state index in [1.54, 1.807) is 0 Å². The molecule has 1 saturated heterocycles. The van der Waals surface area contributed by atoms with Gasteiger partial charge in [-0.2, -0.15) is 0 Å². The zero-order valence-corrected chi connectivity index (χ0v) is 14.1. The lowest BCUT2D eigenvalue weighted by molar-refractivity contribution is 0.210. The molecule has 2 aromatic rings. The Kier molecular flexibility index (Phi) is 4.15. The molecule has 0 amide bonds. The smallest absolute Gasteiger partial charge is 0.154 e. The molecule has 1 fully saturated rings. The van der Waals surface area contributed by atoms with Gasteiger partial charge in [-0.05, 0) is 55.6 Å². The van der Waals surface area contributed by atoms with E-state index in [9.17, 15) is 0 Å². The molecular weight excluding hydrogens is 294 g/mol. The lowest BCUT2D eigenvalue weighted by Gasteiger charge is -2.39. The topological polar surface area (TPSA) is 12.5 Å². The maximum absolute atomic E-state index is 5.78. The van der Waals surface area contributed by atoms with Crippen LogP contribution in [0.4, 0.5) is 0 Å². The summed E-state index contributed by atoms with van der Waals surface area (Å²) in [6, 6.07) is 16.9. The molecule has 0 aromatic heterocycles. The lowest BCUT2D eigenvalue weighted by atomic mass is 9.74. The van der Waals surface area contributed by atoms with Crippen molar-refractivity contribution < 1.29 is 4.74 Å². The maximum Gasteiger partial charge on any atom is 0.154 e. The van der Waals surface area contributed by atoms with Crippen LogP contribution < -0.4 is 4.74 Å². The number of piperidine rings is 1. The van der Waals surface area contributed by atoms with Crippen LogP contribution in [0.2, 0.25) is 0 Å². The molecule has 1 spiro atoms. The Balaban J connectivity index is 1.31. The summed E-state index contributed by atoms with van der Waals surface area (Å²) >= 11 is 0. The number of benzene rings is 2. The van der Waals surface area contributed by atoms with Gasteiger partial charge in [0.05, 0.1) is 6.54 Å². The molecule has 2 radical (unpaired) electrons. The number of allylic oxidation sites excluding steroid dienone is 1. The van der Waals surface area contributed by atoms with Gasteiger partial charge in [0.25, 0.3) is 0 Å². The molecule has 2 aliphatic rings. The zero-order valence-electron chi connectivity index (χ0n) is 14.1. The highest BCUT2D eigenvalue weighted by molar-refractivity contribution is 5.65. The number of likely N-dealkylation sites (tertiary alicyclic amines) is 1. The molecule has 1 heterocycles. The Bertz CT molecular complexity index is 741. The van der Waals surface area contributed by atoms with E-state index in [2.05, 4.69) is 60.9 Å². The second kappa shape index (κ2) is 6.45. The van der Waals surface area contributed by atoms with E-state index in [4.69, 9.17) is 4.74 Å². The van der Waals surface area contributed by atoms with Crippen LogP contribution in [0.5, 0.6) is 5.75 Å². The third-order valence-electron chi connectivity index (χ3n) is 5.33. The van der Waals surface area contributed by atoms with Crippen LogP contribution in [-0.4, -0.2) is 18.0 Å². The average molecular weight is 317 g/mol. The van der Waals surface area contributed by atoms with Gasteiger partial charge in [-0.1, -0.05) is 54.6 Å². The molecule has 1 aliphatic carbocycles. The van der Waals surface area contributed by atoms with Crippen molar-refractivity contribution in [1.29, 1.82) is 0 Å². The Hall–Kier alpha value is -2.06. The van der Waals surface area contributed by atoms with E-state index in [0.717, 1.165) is 37.2 Å². The number of hydrogen-bond donors (Lipinski definition) is 0. The molecule has 1 aliphatic heterocycles. The predicted molar refractivity (Wildman–Crippen MR) is 98.4 cm³/mol. The molecule has 122 valence electrons. The largest absolute Gasteiger partial charge is 0.484 e. The number of ether oxygens (including phenoxy) is 1. The van der Waals surface area contributed by atoms with Crippen molar-refractivity contribution in [1.82, 2.24) is 4.90 Å². The van der Waals surface area contributed by atoms with Gasteiger partial charge in [-0.3, -0.25) is 4.90 Å². The number of nitrogens with zero attached hydrogens (tertiary/aromatic N) is 1. The standard InChI is InChI=1S/C22H23NO/c1-18-6-2-5-9-21(18)24-17-16-23-14-12-22(13-15-23)11-10-19-7-3-4-8-20(19)22/h2-11,16-17H,12-15H2,1H3. The van der Waals surface area contributed by atoms with Gasteiger partial charge in [0, 0.05) is 5.41 Å². The van der Waals surface area contributed by atoms with Crippen molar-refractivity contribution >= 4 is 6.08 Å². The number of para-hydroxylation sites is 1. The first kappa shape index (κ1) is 15.5. The van der Waals surface area contributed by atoms with Crippen LogP contribution in [0.25, 0.3) is 6.08 Å². The molecular formula is C22H23NO. The van der Waals surface area contributed by atoms with Crippen molar-refractivity contribution in [3.8, 4) is 5.75 Å². The van der Waals surface area contributed by atoms with Crippen LogP contribution in [0, 0.1) is 20.1 Å². The number of fused-ring (bicyclic) bond motifs is 2. The SMILES string of the molecule is Cc1ccccc1O[CH][CH]N1CCC2(C=Cc3ccccc32)CC1. The van der Waals surface area contributed by atoms with Crippen LogP contribution in [0.3, 0.4) is 0 Å². The minimum absolute atomic E-state index is 0.248. The third-order valence-corrected chi connectivity index (χ3v) is 5.33. The van der Waals surface area contributed by atoms with Gasteiger partial charge < -0.3 is 4.74 Å². The fraction of sp³-hybridized carbons (Fsp3) is 0.273. The minimum Gasteiger partial charge on any atom is -0.484 e. The minimum atomic E-state index is 0.248. The molecule has 2 aromatic carbocycles. The van der Waals surface area contributed by atoms with Crippen molar-refractivity contribution in [2.24, 2.45) is 0 Å². The summed E-state index contributed by atoms with van der Waals surface area (Å²) in [5, 5.41) is 0. The quantitative estimate of drug-likeness (QED) is 0.806. The molecule has 0 saturated carbocycles. The average Bonchev–Trinajstić information content (AvgIpc) is 2.97. The second-order valence-electron chi connectivity index (χ2n) is 6.78. The summed E-state index contributed by atoms with van der Waals surface area (Å²) < 4.78 is 5.78. The maximum atomic E-state index is 5.78.